The van der Waals surface area contributed by atoms with Gasteiger partial charge < -0.3 is 16.0 Å². The van der Waals surface area contributed by atoms with Gasteiger partial charge in [-0.25, -0.2) is 0 Å². The lowest BCUT2D eigenvalue weighted by molar-refractivity contribution is -0.122. The summed E-state index contributed by atoms with van der Waals surface area (Å²) in [6.45, 7) is 5.25. The quantitative estimate of drug-likeness (QED) is 0.589. The van der Waals surface area contributed by atoms with Crippen molar-refractivity contribution in [3.63, 3.8) is 0 Å². The average molecular weight is 304 g/mol. The standard InChI is InChI=1S/C14H25N3O2.ClH/c1-2-8-16-13(18)4-3-5-14(19)17-11-12-6-9-15-10-7-12;/h6,15H,2-5,7-11H2,1H3,(H,16,18)(H,17,19);1H. The highest BCUT2D eigenvalue weighted by atomic mass is 35.5. The summed E-state index contributed by atoms with van der Waals surface area (Å²) in [6, 6.07) is 0. The Labute approximate surface area is 127 Å². The van der Waals surface area contributed by atoms with Gasteiger partial charge in [0.15, 0.2) is 0 Å². The Kier molecular flexibility index (Phi) is 11.1. The lowest BCUT2D eigenvalue weighted by Crippen LogP contribution is -2.30. The third-order valence-electron chi connectivity index (χ3n) is 3.05. The van der Waals surface area contributed by atoms with Crippen LogP contribution in [0.2, 0.25) is 0 Å². The van der Waals surface area contributed by atoms with Crippen molar-refractivity contribution < 1.29 is 9.59 Å². The Morgan fingerprint density at radius 3 is 2.55 bits per heavy atom. The van der Waals surface area contributed by atoms with Gasteiger partial charge in [0.25, 0.3) is 0 Å². The van der Waals surface area contributed by atoms with Crippen LogP contribution in [0.4, 0.5) is 0 Å². The van der Waals surface area contributed by atoms with Crippen LogP contribution in [0.15, 0.2) is 11.6 Å². The molecule has 1 aliphatic heterocycles. The second-order valence-electron chi connectivity index (χ2n) is 4.80. The van der Waals surface area contributed by atoms with Crippen molar-refractivity contribution in [2.75, 3.05) is 26.2 Å². The first kappa shape index (κ1) is 18.9. The molecule has 0 aliphatic carbocycles. The number of hydrogen-bond donors (Lipinski definition) is 3. The molecule has 0 aromatic heterocycles. The van der Waals surface area contributed by atoms with E-state index in [0.29, 0.717) is 32.4 Å². The first-order valence-corrected chi connectivity index (χ1v) is 7.14. The molecule has 0 spiro atoms. The highest BCUT2D eigenvalue weighted by Crippen LogP contribution is 2.03. The summed E-state index contributed by atoms with van der Waals surface area (Å²) >= 11 is 0. The maximum Gasteiger partial charge on any atom is 0.220 e. The Morgan fingerprint density at radius 2 is 1.95 bits per heavy atom. The van der Waals surface area contributed by atoms with E-state index in [9.17, 15) is 9.59 Å². The molecule has 0 saturated carbocycles. The van der Waals surface area contributed by atoms with E-state index in [4.69, 9.17) is 0 Å². The zero-order valence-electron chi connectivity index (χ0n) is 12.2. The normalized spacial score (nSPS) is 13.9. The first-order valence-electron chi connectivity index (χ1n) is 7.14. The van der Waals surface area contributed by atoms with Crippen LogP contribution in [-0.4, -0.2) is 38.0 Å². The Morgan fingerprint density at radius 1 is 1.25 bits per heavy atom. The Hall–Kier alpha value is -1.07. The van der Waals surface area contributed by atoms with Crippen LogP contribution in [0.3, 0.4) is 0 Å². The fraction of sp³-hybridized carbons (Fsp3) is 0.714. The average Bonchev–Trinajstić information content (AvgIpc) is 2.44. The zero-order valence-corrected chi connectivity index (χ0v) is 13.0. The van der Waals surface area contributed by atoms with Crippen LogP contribution in [0, 0.1) is 0 Å². The fourth-order valence-corrected chi connectivity index (χ4v) is 1.89. The minimum absolute atomic E-state index is 0. The molecule has 0 unspecified atom stereocenters. The van der Waals surface area contributed by atoms with E-state index in [1.807, 2.05) is 6.92 Å². The highest BCUT2D eigenvalue weighted by Gasteiger charge is 2.07. The maximum absolute atomic E-state index is 11.6. The molecule has 0 saturated heterocycles. The number of hydrogen-bond acceptors (Lipinski definition) is 3. The monoisotopic (exact) mass is 303 g/mol. The van der Waals surface area contributed by atoms with Crippen LogP contribution in [-0.2, 0) is 9.59 Å². The van der Waals surface area contributed by atoms with Gasteiger partial charge in [-0.15, -0.1) is 12.4 Å². The lowest BCUT2D eigenvalue weighted by Gasteiger charge is -2.14. The summed E-state index contributed by atoms with van der Waals surface area (Å²) in [4.78, 5) is 22.9. The summed E-state index contributed by atoms with van der Waals surface area (Å²) in [5, 5.41) is 8.94. The van der Waals surface area contributed by atoms with Gasteiger partial charge in [-0.1, -0.05) is 18.6 Å². The number of carbonyl (C=O) groups is 2. The Bertz CT molecular complexity index is 332. The molecule has 0 atom stereocenters. The van der Waals surface area contributed by atoms with Gasteiger partial charge in [0.2, 0.25) is 11.8 Å². The van der Waals surface area contributed by atoms with Gasteiger partial charge in [-0.3, -0.25) is 9.59 Å². The molecule has 20 heavy (non-hydrogen) atoms. The molecular weight excluding hydrogens is 278 g/mol. The Balaban J connectivity index is 0.00000361. The molecular formula is C14H26ClN3O2. The summed E-state index contributed by atoms with van der Waals surface area (Å²) in [7, 11) is 0. The molecule has 1 aliphatic rings. The van der Waals surface area contributed by atoms with Crippen LogP contribution >= 0.6 is 12.4 Å². The van der Waals surface area contributed by atoms with E-state index in [1.165, 1.54) is 5.57 Å². The molecule has 6 heteroatoms. The van der Waals surface area contributed by atoms with Crippen molar-refractivity contribution in [1.29, 1.82) is 0 Å². The SMILES string of the molecule is CCCNC(=O)CCCC(=O)NCC1=CCNCC1.Cl. The third kappa shape index (κ3) is 8.93. The molecule has 1 rings (SSSR count). The molecule has 0 aromatic carbocycles. The minimum atomic E-state index is 0. The molecule has 116 valence electrons. The predicted molar refractivity (Wildman–Crippen MR) is 83.0 cm³/mol. The van der Waals surface area contributed by atoms with Crippen LogP contribution in [0.5, 0.6) is 0 Å². The zero-order chi connectivity index (χ0) is 13.9. The van der Waals surface area contributed by atoms with Gasteiger partial charge in [0, 0.05) is 32.5 Å². The van der Waals surface area contributed by atoms with E-state index in [0.717, 1.165) is 25.9 Å². The number of halogens is 1. The van der Waals surface area contributed by atoms with Gasteiger partial charge >= 0.3 is 0 Å². The van der Waals surface area contributed by atoms with E-state index in [2.05, 4.69) is 22.0 Å². The van der Waals surface area contributed by atoms with Gasteiger partial charge in [0.05, 0.1) is 0 Å². The van der Waals surface area contributed by atoms with Crippen molar-refractivity contribution in [3.8, 4) is 0 Å². The summed E-state index contributed by atoms with van der Waals surface area (Å²) in [5.74, 6) is 0.0680. The topological polar surface area (TPSA) is 70.2 Å². The van der Waals surface area contributed by atoms with Crippen molar-refractivity contribution in [3.05, 3.63) is 11.6 Å². The molecule has 0 fully saturated rings. The molecule has 0 bridgehead atoms. The number of nitrogens with one attached hydrogen (secondary N) is 3. The largest absolute Gasteiger partial charge is 0.356 e. The van der Waals surface area contributed by atoms with Gasteiger partial charge in [-0.2, -0.15) is 0 Å². The van der Waals surface area contributed by atoms with Crippen molar-refractivity contribution in [2.45, 2.75) is 39.0 Å². The molecule has 5 nitrogen and oxygen atoms in total. The molecule has 0 aromatic rings. The van der Waals surface area contributed by atoms with E-state index in [-0.39, 0.29) is 24.2 Å². The number of rotatable bonds is 8. The fourth-order valence-electron chi connectivity index (χ4n) is 1.89. The van der Waals surface area contributed by atoms with E-state index in [1.54, 1.807) is 0 Å². The van der Waals surface area contributed by atoms with Gasteiger partial charge in [0.1, 0.15) is 0 Å². The first-order chi connectivity index (χ1) is 9.22. The van der Waals surface area contributed by atoms with Gasteiger partial charge in [-0.05, 0) is 25.8 Å². The van der Waals surface area contributed by atoms with Crippen LogP contribution in [0.1, 0.15) is 39.0 Å². The second-order valence-corrected chi connectivity index (χ2v) is 4.80. The second kappa shape index (κ2) is 11.7. The number of amides is 2. The third-order valence-corrected chi connectivity index (χ3v) is 3.05. The molecule has 1 heterocycles. The smallest absolute Gasteiger partial charge is 0.220 e. The molecule has 3 N–H and O–H groups in total. The van der Waals surface area contributed by atoms with Crippen LogP contribution < -0.4 is 16.0 Å². The lowest BCUT2D eigenvalue weighted by atomic mass is 10.1. The summed E-state index contributed by atoms with van der Waals surface area (Å²) in [5.41, 5.74) is 1.28. The van der Waals surface area contributed by atoms with Crippen molar-refractivity contribution in [1.82, 2.24) is 16.0 Å². The van der Waals surface area contributed by atoms with E-state index < -0.39 is 0 Å². The molecule has 2 amide bonds. The molecule has 0 radical (unpaired) electrons. The van der Waals surface area contributed by atoms with Crippen LogP contribution in [0.25, 0.3) is 0 Å². The van der Waals surface area contributed by atoms with Crippen molar-refractivity contribution >= 4 is 24.2 Å². The summed E-state index contributed by atoms with van der Waals surface area (Å²) in [6.07, 6.45) is 5.53. The predicted octanol–water partition coefficient (Wildman–Crippen LogP) is 1.14. The summed E-state index contributed by atoms with van der Waals surface area (Å²) < 4.78 is 0. The van der Waals surface area contributed by atoms with Crippen molar-refractivity contribution in [2.24, 2.45) is 0 Å². The minimum Gasteiger partial charge on any atom is -0.356 e. The van der Waals surface area contributed by atoms with E-state index >= 15 is 0 Å². The highest BCUT2D eigenvalue weighted by molar-refractivity contribution is 5.85. The maximum atomic E-state index is 11.6. The number of carbonyl (C=O) groups excluding carboxylic acids is 2.